The first-order chi connectivity index (χ1) is 19.6. The summed E-state index contributed by atoms with van der Waals surface area (Å²) < 4.78 is 24.1. The fourth-order valence-electron chi connectivity index (χ4n) is 5.23. The number of likely N-dealkylation sites (N-methyl/N-ethyl adjacent to an activating group) is 1. The molecule has 0 bridgehead atoms. The Hall–Kier alpha value is -3.55. The van der Waals surface area contributed by atoms with Crippen molar-refractivity contribution in [3.63, 3.8) is 0 Å². The number of ether oxygens (including phenoxy) is 3. The summed E-state index contributed by atoms with van der Waals surface area (Å²) in [5.74, 6) is 1.20. The van der Waals surface area contributed by atoms with Gasteiger partial charge in [0.05, 0.1) is 45.7 Å². The summed E-state index contributed by atoms with van der Waals surface area (Å²) in [6.45, 7) is 6.23. The van der Waals surface area contributed by atoms with Crippen LogP contribution in [0.2, 0.25) is 5.02 Å². The average Bonchev–Trinajstić information content (AvgIpc) is 3.45. The van der Waals surface area contributed by atoms with Gasteiger partial charge in [0, 0.05) is 62.9 Å². The van der Waals surface area contributed by atoms with Gasteiger partial charge in [-0.25, -0.2) is 0 Å². The predicted octanol–water partition coefficient (Wildman–Crippen LogP) is 5.78. The van der Waals surface area contributed by atoms with Crippen molar-refractivity contribution in [1.29, 1.82) is 5.26 Å². The van der Waals surface area contributed by atoms with Gasteiger partial charge in [0.15, 0.2) is 6.29 Å². The molecular formula is C30H32ClN5O4. The van der Waals surface area contributed by atoms with Gasteiger partial charge in [0.2, 0.25) is 0 Å². The number of nitrogens with zero attached hydrogens (tertiary/aromatic N) is 4. The number of nitriles is 1. The Bertz CT molecular complexity index is 1540. The van der Waals surface area contributed by atoms with Crippen molar-refractivity contribution in [1.82, 2.24) is 14.8 Å². The van der Waals surface area contributed by atoms with Crippen molar-refractivity contribution in [2.45, 2.75) is 25.6 Å². The highest BCUT2D eigenvalue weighted by Gasteiger charge is 2.22. The summed E-state index contributed by atoms with van der Waals surface area (Å²) >= 11 is 6.63. The summed E-state index contributed by atoms with van der Waals surface area (Å²) in [7, 11) is 2.15. The molecule has 1 N–H and O–H groups in total. The number of nitrogens with one attached hydrogen (secondary N) is 1. The van der Waals surface area contributed by atoms with Crippen LogP contribution in [0, 0.1) is 11.3 Å². The van der Waals surface area contributed by atoms with Gasteiger partial charge >= 0.3 is 0 Å². The highest BCUT2D eigenvalue weighted by atomic mass is 35.5. The van der Waals surface area contributed by atoms with E-state index < -0.39 is 6.29 Å². The summed E-state index contributed by atoms with van der Waals surface area (Å²) in [5, 5.41) is 15.4. The molecule has 0 spiro atoms. The van der Waals surface area contributed by atoms with E-state index in [1.807, 2.05) is 24.3 Å². The molecule has 2 aliphatic heterocycles. The number of halogens is 1. The van der Waals surface area contributed by atoms with Crippen LogP contribution in [0.15, 0.2) is 47.2 Å². The third-order valence-corrected chi connectivity index (χ3v) is 7.85. The van der Waals surface area contributed by atoms with E-state index in [0.29, 0.717) is 63.2 Å². The Labute approximate surface area is 238 Å². The molecule has 9 nitrogen and oxygen atoms in total. The molecule has 2 aromatic carbocycles. The molecule has 10 heteroatoms. The quantitative estimate of drug-likeness (QED) is 0.287. The van der Waals surface area contributed by atoms with E-state index in [2.05, 4.69) is 33.2 Å². The van der Waals surface area contributed by atoms with E-state index in [4.69, 9.17) is 30.2 Å². The van der Waals surface area contributed by atoms with Crippen LogP contribution in [0.4, 0.5) is 11.4 Å². The normalized spacial score (nSPS) is 18.6. The van der Waals surface area contributed by atoms with Gasteiger partial charge in [0.1, 0.15) is 29.8 Å². The summed E-state index contributed by atoms with van der Waals surface area (Å²) in [6.07, 6.45) is 5.60. The molecule has 6 rings (SSSR count). The van der Waals surface area contributed by atoms with Gasteiger partial charge in [-0.05, 0) is 38.1 Å². The molecule has 2 aliphatic rings. The minimum Gasteiger partial charge on any atom is -0.492 e. The number of aromatic nitrogens is 1. The number of rotatable bonds is 8. The summed E-state index contributed by atoms with van der Waals surface area (Å²) in [5.41, 5.74) is 2.89. The Morgan fingerprint density at radius 3 is 2.83 bits per heavy atom. The van der Waals surface area contributed by atoms with Gasteiger partial charge in [0.25, 0.3) is 0 Å². The topological polar surface area (TPSA) is 96.0 Å². The maximum absolute atomic E-state index is 10.0. The maximum atomic E-state index is 10.0. The van der Waals surface area contributed by atoms with Gasteiger partial charge in [-0.1, -0.05) is 11.6 Å². The lowest BCUT2D eigenvalue weighted by Gasteiger charge is -2.32. The number of benzene rings is 2. The van der Waals surface area contributed by atoms with Crippen molar-refractivity contribution in [3.05, 3.63) is 53.4 Å². The Kier molecular flexibility index (Phi) is 7.93. The van der Waals surface area contributed by atoms with Gasteiger partial charge in [-0.3, -0.25) is 9.88 Å². The van der Waals surface area contributed by atoms with Crippen LogP contribution in [-0.2, 0) is 4.74 Å². The molecule has 1 unspecified atom stereocenters. The Morgan fingerprint density at radius 2 is 2.02 bits per heavy atom. The lowest BCUT2D eigenvalue weighted by Crippen LogP contribution is -2.45. The predicted molar refractivity (Wildman–Crippen MR) is 155 cm³/mol. The van der Waals surface area contributed by atoms with E-state index >= 15 is 0 Å². The zero-order chi connectivity index (χ0) is 27.5. The third kappa shape index (κ3) is 5.67. The molecule has 2 fully saturated rings. The fraction of sp³-hybridized carbons (Fsp3) is 0.400. The van der Waals surface area contributed by atoms with Crippen molar-refractivity contribution in [2.24, 2.45) is 0 Å². The van der Waals surface area contributed by atoms with E-state index in [-0.39, 0.29) is 0 Å². The van der Waals surface area contributed by atoms with Crippen molar-refractivity contribution < 1.29 is 18.6 Å². The standard InChI is InChI=1S/C30H32ClN5O4/c1-35-8-10-36(11-9-35)12-15-37-21-16-24-28(26(17-21)40-27-4-2-3-13-39-27)29(20(18-32)19-33-24)34-30-22-7-14-38-25(22)6-5-23(30)31/h5-7,14,16-17,19,27H,2-4,8-13,15H2,1H3,(H,33,34). The highest BCUT2D eigenvalue weighted by molar-refractivity contribution is 6.35. The molecule has 2 saturated heterocycles. The van der Waals surface area contributed by atoms with Crippen LogP contribution >= 0.6 is 11.6 Å². The van der Waals surface area contributed by atoms with E-state index in [0.717, 1.165) is 57.4 Å². The largest absolute Gasteiger partial charge is 0.492 e. The number of furan rings is 1. The smallest absolute Gasteiger partial charge is 0.199 e. The summed E-state index contributed by atoms with van der Waals surface area (Å²) in [6, 6.07) is 11.5. The van der Waals surface area contributed by atoms with Crippen LogP contribution in [0.1, 0.15) is 24.8 Å². The molecule has 1 atom stereocenters. The molecule has 0 saturated carbocycles. The number of fused-ring (bicyclic) bond motifs is 2. The molecule has 0 amide bonds. The van der Waals surface area contributed by atoms with Crippen molar-refractivity contribution >= 4 is 44.8 Å². The van der Waals surface area contributed by atoms with E-state index in [1.54, 1.807) is 18.5 Å². The lowest BCUT2D eigenvalue weighted by molar-refractivity contribution is -0.105. The maximum Gasteiger partial charge on any atom is 0.199 e. The number of anilines is 2. The van der Waals surface area contributed by atoms with Crippen LogP contribution in [-0.4, -0.2) is 74.1 Å². The summed E-state index contributed by atoms with van der Waals surface area (Å²) in [4.78, 5) is 9.37. The molecule has 2 aromatic heterocycles. The number of hydrogen-bond acceptors (Lipinski definition) is 9. The average molecular weight is 562 g/mol. The SMILES string of the molecule is CN1CCN(CCOc2cc(OC3CCCCO3)c3c(Nc4c(Cl)ccc5occc45)c(C#N)cnc3c2)CC1. The second-order valence-electron chi connectivity index (χ2n) is 10.3. The molecule has 208 valence electrons. The van der Waals surface area contributed by atoms with Crippen molar-refractivity contribution in [2.75, 3.05) is 58.3 Å². The first-order valence-corrected chi connectivity index (χ1v) is 14.1. The van der Waals surface area contributed by atoms with Gasteiger partial charge in [-0.15, -0.1) is 0 Å². The molecule has 4 aromatic rings. The lowest BCUT2D eigenvalue weighted by atomic mass is 10.1. The van der Waals surface area contributed by atoms with Gasteiger partial charge in [-0.2, -0.15) is 5.26 Å². The van der Waals surface area contributed by atoms with E-state index in [1.165, 1.54) is 0 Å². The third-order valence-electron chi connectivity index (χ3n) is 7.53. The molecular weight excluding hydrogens is 530 g/mol. The Morgan fingerprint density at radius 1 is 1.15 bits per heavy atom. The van der Waals surface area contributed by atoms with Crippen LogP contribution < -0.4 is 14.8 Å². The van der Waals surface area contributed by atoms with Crippen LogP contribution in [0.25, 0.3) is 21.9 Å². The Balaban J connectivity index is 1.37. The molecule has 0 aliphatic carbocycles. The highest BCUT2D eigenvalue weighted by Crippen LogP contribution is 2.42. The fourth-order valence-corrected chi connectivity index (χ4v) is 5.44. The minimum absolute atomic E-state index is 0.363. The number of hydrogen-bond donors (Lipinski definition) is 1. The zero-order valence-corrected chi connectivity index (χ0v) is 23.2. The number of pyridine rings is 1. The molecule has 0 radical (unpaired) electrons. The van der Waals surface area contributed by atoms with Crippen LogP contribution in [0.3, 0.4) is 0 Å². The second kappa shape index (κ2) is 11.9. The van der Waals surface area contributed by atoms with Crippen LogP contribution in [0.5, 0.6) is 11.5 Å². The number of piperazine rings is 1. The first kappa shape index (κ1) is 26.7. The molecule has 4 heterocycles. The second-order valence-corrected chi connectivity index (χ2v) is 10.7. The molecule has 40 heavy (non-hydrogen) atoms. The minimum atomic E-state index is -0.392. The first-order valence-electron chi connectivity index (χ1n) is 13.7. The van der Waals surface area contributed by atoms with Crippen molar-refractivity contribution in [3.8, 4) is 17.6 Å². The monoisotopic (exact) mass is 561 g/mol. The van der Waals surface area contributed by atoms with E-state index in [9.17, 15) is 5.26 Å². The zero-order valence-electron chi connectivity index (χ0n) is 22.5. The van der Waals surface area contributed by atoms with Gasteiger partial charge < -0.3 is 28.8 Å².